The Balaban J connectivity index is 2.92. The minimum Gasteiger partial charge on any atom is -0.469 e. The fourth-order valence-corrected chi connectivity index (χ4v) is 2.41. The first-order valence-electron chi connectivity index (χ1n) is 6.03. The molecule has 0 aliphatic carbocycles. The lowest BCUT2D eigenvalue weighted by Gasteiger charge is -2.39. The Morgan fingerprint density at radius 2 is 2.24 bits per heavy atom. The third-order valence-electron chi connectivity index (χ3n) is 3.42. The van der Waals surface area contributed by atoms with Crippen molar-refractivity contribution in [1.29, 1.82) is 0 Å². The summed E-state index contributed by atoms with van der Waals surface area (Å²) in [6.45, 7) is 7.59. The predicted octanol–water partition coefficient (Wildman–Crippen LogP) is 0.539. The molecule has 1 fully saturated rings. The molecular formula is C12H22N2O3. The van der Waals surface area contributed by atoms with Gasteiger partial charge in [-0.05, 0) is 26.8 Å². The van der Waals surface area contributed by atoms with Crippen molar-refractivity contribution in [2.45, 2.75) is 45.2 Å². The Hall–Kier alpha value is -1.10. The lowest BCUT2D eigenvalue weighted by atomic mass is 9.96. The van der Waals surface area contributed by atoms with E-state index in [-0.39, 0.29) is 23.8 Å². The van der Waals surface area contributed by atoms with Gasteiger partial charge < -0.3 is 10.1 Å². The Kier molecular flexibility index (Phi) is 4.51. The van der Waals surface area contributed by atoms with Gasteiger partial charge in [-0.1, -0.05) is 6.92 Å². The van der Waals surface area contributed by atoms with Crippen LogP contribution < -0.4 is 5.32 Å². The minimum absolute atomic E-state index is 0.0807. The molecule has 1 N–H and O–H groups in total. The number of methoxy groups -OCH3 is 1. The molecule has 1 saturated heterocycles. The molecular weight excluding hydrogens is 220 g/mol. The smallest absolute Gasteiger partial charge is 0.307 e. The molecule has 0 spiro atoms. The zero-order valence-corrected chi connectivity index (χ0v) is 11.1. The first kappa shape index (κ1) is 14.0. The maximum atomic E-state index is 12.0. The van der Waals surface area contributed by atoms with Crippen LogP contribution in [0.15, 0.2) is 0 Å². The van der Waals surface area contributed by atoms with E-state index in [4.69, 9.17) is 0 Å². The molecule has 0 saturated carbocycles. The van der Waals surface area contributed by atoms with Crippen molar-refractivity contribution in [3.05, 3.63) is 0 Å². The molecule has 1 heterocycles. The van der Waals surface area contributed by atoms with Gasteiger partial charge in [0.15, 0.2) is 0 Å². The standard InChI is InChI=1S/C12H22N2O3/c1-5-14-9(8-10(15)17-4)11(16)13-7-6-12(14,2)3/h9H,5-8H2,1-4H3,(H,13,16). The van der Waals surface area contributed by atoms with Crippen molar-refractivity contribution in [3.63, 3.8) is 0 Å². The largest absolute Gasteiger partial charge is 0.469 e. The van der Waals surface area contributed by atoms with E-state index in [1.807, 2.05) is 6.92 Å². The predicted molar refractivity (Wildman–Crippen MR) is 64.5 cm³/mol. The molecule has 0 bridgehead atoms. The molecule has 0 aromatic rings. The second kappa shape index (κ2) is 5.49. The van der Waals surface area contributed by atoms with E-state index in [1.165, 1.54) is 7.11 Å². The topological polar surface area (TPSA) is 58.6 Å². The van der Waals surface area contributed by atoms with Crippen LogP contribution in [-0.4, -0.2) is 48.6 Å². The van der Waals surface area contributed by atoms with Gasteiger partial charge in [-0.15, -0.1) is 0 Å². The molecule has 1 aliphatic rings. The molecule has 5 heteroatoms. The van der Waals surface area contributed by atoms with E-state index in [0.29, 0.717) is 6.54 Å². The summed E-state index contributed by atoms with van der Waals surface area (Å²) in [6.07, 6.45) is 0.990. The van der Waals surface area contributed by atoms with Crippen molar-refractivity contribution in [2.24, 2.45) is 0 Å². The van der Waals surface area contributed by atoms with E-state index in [0.717, 1.165) is 13.0 Å². The molecule has 1 atom stereocenters. The number of nitrogens with zero attached hydrogens (tertiary/aromatic N) is 1. The summed E-state index contributed by atoms with van der Waals surface area (Å²) in [6, 6.07) is -0.426. The Morgan fingerprint density at radius 3 is 2.76 bits per heavy atom. The van der Waals surface area contributed by atoms with E-state index >= 15 is 0 Å². The number of carbonyl (C=O) groups is 2. The van der Waals surface area contributed by atoms with E-state index < -0.39 is 6.04 Å². The highest BCUT2D eigenvalue weighted by Gasteiger charge is 2.38. The van der Waals surface area contributed by atoms with Crippen molar-refractivity contribution in [3.8, 4) is 0 Å². The second-order valence-corrected chi connectivity index (χ2v) is 4.94. The van der Waals surface area contributed by atoms with Crippen LogP contribution in [-0.2, 0) is 14.3 Å². The molecule has 1 unspecified atom stereocenters. The van der Waals surface area contributed by atoms with Gasteiger partial charge in [0.2, 0.25) is 5.91 Å². The first-order valence-corrected chi connectivity index (χ1v) is 6.03. The Labute approximate surface area is 102 Å². The van der Waals surface area contributed by atoms with Crippen LogP contribution in [0, 0.1) is 0 Å². The maximum Gasteiger partial charge on any atom is 0.307 e. The van der Waals surface area contributed by atoms with Crippen LogP contribution >= 0.6 is 0 Å². The number of likely N-dealkylation sites (N-methyl/N-ethyl adjacent to an activating group) is 1. The number of hydrogen-bond donors (Lipinski definition) is 1. The number of hydrogen-bond acceptors (Lipinski definition) is 4. The van der Waals surface area contributed by atoms with Crippen LogP contribution in [0.1, 0.15) is 33.6 Å². The van der Waals surface area contributed by atoms with Gasteiger partial charge in [0, 0.05) is 12.1 Å². The SMILES string of the molecule is CCN1C(CC(=O)OC)C(=O)NCCC1(C)C. The van der Waals surface area contributed by atoms with Crippen molar-refractivity contribution in [1.82, 2.24) is 10.2 Å². The highest BCUT2D eigenvalue weighted by molar-refractivity contribution is 5.86. The molecule has 1 rings (SSSR count). The molecule has 5 nitrogen and oxygen atoms in total. The molecule has 0 aromatic carbocycles. The summed E-state index contributed by atoms with van der Waals surface area (Å²) in [5.74, 6) is -0.427. The average Bonchev–Trinajstić information content (AvgIpc) is 2.36. The van der Waals surface area contributed by atoms with Crippen LogP contribution in [0.5, 0.6) is 0 Å². The van der Waals surface area contributed by atoms with Gasteiger partial charge >= 0.3 is 5.97 Å². The summed E-state index contributed by atoms with van der Waals surface area (Å²) in [5.41, 5.74) is -0.0907. The van der Waals surface area contributed by atoms with E-state index in [2.05, 4.69) is 28.8 Å². The van der Waals surface area contributed by atoms with Gasteiger partial charge in [-0.2, -0.15) is 0 Å². The number of rotatable bonds is 3. The third-order valence-corrected chi connectivity index (χ3v) is 3.42. The van der Waals surface area contributed by atoms with E-state index in [9.17, 15) is 9.59 Å². The van der Waals surface area contributed by atoms with Crippen LogP contribution in [0.3, 0.4) is 0 Å². The fourth-order valence-electron chi connectivity index (χ4n) is 2.41. The zero-order chi connectivity index (χ0) is 13.1. The molecule has 1 aliphatic heterocycles. The average molecular weight is 242 g/mol. The molecule has 0 aromatic heterocycles. The molecule has 17 heavy (non-hydrogen) atoms. The molecule has 1 amide bonds. The monoisotopic (exact) mass is 242 g/mol. The summed E-state index contributed by atoms with van der Waals surface area (Å²) >= 11 is 0. The number of esters is 1. The van der Waals surface area contributed by atoms with Crippen molar-refractivity contribution >= 4 is 11.9 Å². The number of ether oxygens (including phenoxy) is 1. The summed E-state index contributed by atoms with van der Waals surface area (Å²) < 4.78 is 4.66. The summed E-state index contributed by atoms with van der Waals surface area (Å²) in [5, 5.41) is 2.86. The first-order chi connectivity index (χ1) is 7.92. The van der Waals surface area contributed by atoms with Gasteiger partial charge in [0.05, 0.1) is 13.5 Å². The van der Waals surface area contributed by atoms with Crippen LogP contribution in [0.4, 0.5) is 0 Å². The minimum atomic E-state index is -0.426. The van der Waals surface area contributed by atoms with Crippen LogP contribution in [0.2, 0.25) is 0 Å². The van der Waals surface area contributed by atoms with E-state index in [1.54, 1.807) is 0 Å². The normalized spacial score (nSPS) is 24.9. The Morgan fingerprint density at radius 1 is 1.59 bits per heavy atom. The third kappa shape index (κ3) is 3.19. The quantitative estimate of drug-likeness (QED) is 0.734. The van der Waals surface area contributed by atoms with Crippen molar-refractivity contribution in [2.75, 3.05) is 20.2 Å². The number of amides is 1. The second-order valence-electron chi connectivity index (χ2n) is 4.94. The summed E-state index contributed by atoms with van der Waals surface area (Å²) in [7, 11) is 1.35. The van der Waals surface area contributed by atoms with Crippen LogP contribution in [0.25, 0.3) is 0 Å². The molecule has 98 valence electrons. The van der Waals surface area contributed by atoms with Gasteiger partial charge in [0.25, 0.3) is 0 Å². The van der Waals surface area contributed by atoms with Gasteiger partial charge in [0.1, 0.15) is 6.04 Å². The maximum absolute atomic E-state index is 12.0. The Bertz CT molecular complexity index is 302. The molecule has 0 radical (unpaired) electrons. The van der Waals surface area contributed by atoms with Gasteiger partial charge in [-0.25, -0.2) is 0 Å². The fraction of sp³-hybridized carbons (Fsp3) is 0.833. The lowest BCUT2D eigenvalue weighted by Crippen LogP contribution is -2.53. The highest BCUT2D eigenvalue weighted by Crippen LogP contribution is 2.25. The van der Waals surface area contributed by atoms with Crippen molar-refractivity contribution < 1.29 is 14.3 Å². The zero-order valence-electron chi connectivity index (χ0n) is 11.1. The highest BCUT2D eigenvalue weighted by atomic mass is 16.5. The number of carbonyl (C=O) groups excluding carboxylic acids is 2. The summed E-state index contributed by atoms with van der Waals surface area (Å²) in [4.78, 5) is 25.4. The lowest BCUT2D eigenvalue weighted by molar-refractivity contribution is -0.145. The van der Waals surface area contributed by atoms with Gasteiger partial charge in [-0.3, -0.25) is 14.5 Å². The number of nitrogens with one attached hydrogen (secondary N) is 1.